The Morgan fingerprint density at radius 3 is 2.15 bits per heavy atom. The van der Waals surface area contributed by atoms with E-state index < -0.39 is 18.2 Å². The molecule has 4 aromatic rings. The Morgan fingerprint density at radius 1 is 0.855 bits per heavy atom. The number of hydrogen-bond donors (Lipinski definition) is 4. The lowest BCUT2D eigenvalue weighted by Crippen LogP contribution is -2.53. The number of imidazole rings is 2. The molecular weight excluding hydrogens is 704 g/mol. The number of fused-ring (bicyclic) bond motifs is 1. The molecule has 2 aliphatic heterocycles. The Bertz CT molecular complexity index is 2020. The third-order valence-corrected chi connectivity index (χ3v) is 11.3. The zero-order chi connectivity index (χ0) is 38.6. The molecule has 15 heteroatoms. The predicted molar refractivity (Wildman–Crippen MR) is 203 cm³/mol. The maximum atomic E-state index is 13.9. The van der Waals surface area contributed by atoms with Gasteiger partial charge in [0, 0.05) is 48.1 Å². The predicted octanol–water partition coefficient (Wildman–Crippen LogP) is 5.83. The van der Waals surface area contributed by atoms with Crippen molar-refractivity contribution in [3.05, 3.63) is 60.4 Å². The van der Waals surface area contributed by atoms with Gasteiger partial charge in [-0.15, -0.1) is 0 Å². The lowest BCUT2D eigenvalue weighted by atomic mass is 9.78. The fourth-order valence-electron chi connectivity index (χ4n) is 8.30. The van der Waals surface area contributed by atoms with E-state index in [2.05, 4.69) is 57.1 Å². The van der Waals surface area contributed by atoms with Crippen LogP contribution < -0.4 is 10.7 Å². The van der Waals surface area contributed by atoms with Crippen LogP contribution in [0.2, 0.25) is 0 Å². The summed E-state index contributed by atoms with van der Waals surface area (Å²) >= 11 is 0. The lowest BCUT2D eigenvalue weighted by Gasteiger charge is -2.35. The molecule has 2 saturated heterocycles. The molecule has 4 N–H and O–H groups in total. The second-order valence-corrected chi connectivity index (χ2v) is 15.0. The quantitative estimate of drug-likeness (QED) is 0.153. The van der Waals surface area contributed by atoms with Crippen molar-refractivity contribution in [2.45, 2.75) is 82.8 Å². The number of methoxy groups -OCH3 is 2. The number of amides is 4. The fraction of sp³-hybridized carbons (Fsp3) is 0.500. The Hall–Kier alpha value is -5.44. The maximum absolute atomic E-state index is 13.9. The van der Waals surface area contributed by atoms with Gasteiger partial charge in [0.05, 0.1) is 50.6 Å². The summed E-state index contributed by atoms with van der Waals surface area (Å²) in [6.07, 6.45) is 8.08. The zero-order valence-corrected chi connectivity index (χ0v) is 31.8. The number of H-pyrrole nitrogens is 2. The van der Waals surface area contributed by atoms with Gasteiger partial charge >= 0.3 is 12.2 Å². The van der Waals surface area contributed by atoms with Crippen LogP contribution in [0.25, 0.3) is 33.3 Å². The first kappa shape index (κ1) is 37.9. The van der Waals surface area contributed by atoms with Crippen LogP contribution in [0.3, 0.4) is 0 Å². The molecule has 0 spiro atoms. The van der Waals surface area contributed by atoms with E-state index in [0.29, 0.717) is 38.4 Å². The van der Waals surface area contributed by atoms with E-state index in [4.69, 9.17) is 24.2 Å². The van der Waals surface area contributed by atoms with E-state index >= 15 is 0 Å². The molecule has 55 heavy (non-hydrogen) atoms. The minimum atomic E-state index is -0.727. The SMILES string of the molecule is COC(=O)NC(C(=O)N1CCCC1c1ncc(-c2ccc3cc(-c4cnc([C@H]5CCCC[C@H]5C(=O)N(NC(=O)OC)C(C)C)[nH]4)ccc3c2)[nH]1)C1CCOC1. The Morgan fingerprint density at radius 2 is 1.51 bits per heavy atom. The Balaban J connectivity index is 1.06. The van der Waals surface area contributed by atoms with E-state index in [9.17, 15) is 19.2 Å². The van der Waals surface area contributed by atoms with Crippen molar-refractivity contribution in [3.63, 3.8) is 0 Å². The number of aromatic nitrogens is 4. The number of hydrogen-bond acceptors (Lipinski definition) is 9. The molecule has 0 bridgehead atoms. The van der Waals surface area contributed by atoms with Crippen molar-refractivity contribution in [3.8, 4) is 22.5 Å². The molecule has 3 unspecified atom stereocenters. The molecule has 7 rings (SSSR count). The van der Waals surface area contributed by atoms with E-state index in [-0.39, 0.29) is 41.7 Å². The van der Waals surface area contributed by atoms with Crippen LogP contribution in [-0.4, -0.2) is 99.9 Å². The number of hydrazine groups is 1. The number of ether oxygens (including phenoxy) is 3. The van der Waals surface area contributed by atoms with Gasteiger partial charge in [0.25, 0.3) is 0 Å². The summed E-state index contributed by atoms with van der Waals surface area (Å²) in [4.78, 5) is 70.0. The number of likely N-dealkylation sites (tertiary alicyclic amines) is 1. The minimum Gasteiger partial charge on any atom is -0.453 e. The molecule has 1 aliphatic carbocycles. The van der Waals surface area contributed by atoms with Crippen LogP contribution in [-0.2, 0) is 23.8 Å². The van der Waals surface area contributed by atoms with Crippen LogP contribution in [0, 0.1) is 11.8 Å². The molecule has 0 radical (unpaired) electrons. The molecular formula is C40H50N8O7. The highest BCUT2D eigenvalue weighted by Crippen LogP contribution is 2.39. The van der Waals surface area contributed by atoms with Crippen LogP contribution in [0.15, 0.2) is 48.8 Å². The minimum absolute atomic E-state index is 0.104. The third kappa shape index (κ3) is 8.02. The van der Waals surface area contributed by atoms with E-state index in [1.54, 1.807) is 0 Å². The molecule has 1 saturated carbocycles. The Kier molecular flexibility index (Phi) is 11.4. The van der Waals surface area contributed by atoms with Gasteiger partial charge in [-0.05, 0) is 68.9 Å². The van der Waals surface area contributed by atoms with Crippen LogP contribution in [0.1, 0.15) is 82.4 Å². The summed E-state index contributed by atoms with van der Waals surface area (Å²) in [5, 5.41) is 6.24. The first-order chi connectivity index (χ1) is 26.6. The van der Waals surface area contributed by atoms with Gasteiger partial charge in [0.1, 0.15) is 17.7 Å². The van der Waals surface area contributed by atoms with E-state index in [1.165, 1.54) is 19.2 Å². The molecule has 2 aromatic heterocycles. The average molecular weight is 755 g/mol. The molecule has 15 nitrogen and oxygen atoms in total. The van der Waals surface area contributed by atoms with Crippen molar-refractivity contribution < 1.29 is 33.4 Å². The van der Waals surface area contributed by atoms with Crippen molar-refractivity contribution >= 4 is 34.8 Å². The summed E-state index contributed by atoms with van der Waals surface area (Å²) in [7, 11) is 2.57. The van der Waals surface area contributed by atoms with Gasteiger partial charge < -0.3 is 34.4 Å². The number of carbonyl (C=O) groups excluding carboxylic acids is 4. The largest absolute Gasteiger partial charge is 0.453 e. The van der Waals surface area contributed by atoms with Crippen molar-refractivity contribution in [2.24, 2.45) is 11.8 Å². The van der Waals surface area contributed by atoms with Gasteiger partial charge in [-0.2, -0.15) is 0 Å². The molecule has 3 aliphatic rings. The summed E-state index contributed by atoms with van der Waals surface area (Å²) in [6, 6.07) is 11.3. The van der Waals surface area contributed by atoms with E-state index in [1.807, 2.05) is 31.1 Å². The number of rotatable bonds is 9. The smallest absolute Gasteiger partial charge is 0.425 e. The summed E-state index contributed by atoms with van der Waals surface area (Å²) in [5.41, 5.74) is 6.25. The normalized spacial score (nSPS) is 21.7. The van der Waals surface area contributed by atoms with Crippen molar-refractivity contribution in [2.75, 3.05) is 34.0 Å². The molecule has 4 heterocycles. The summed E-state index contributed by atoms with van der Waals surface area (Å²) < 4.78 is 15.1. The van der Waals surface area contributed by atoms with Gasteiger partial charge in [-0.25, -0.2) is 30.0 Å². The third-order valence-electron chi connectivity index (χ3n) is 11.3. The van der Waals surface area contributed by atoms with Crippen LogP contribution in [0.5, 0.6) is 0 Å². The summed E-state index contributed by atoms with van der Waals surface area (Å²) in [6.45, 7) is 5.26. The monoisotopic (exact) mass is 754 g/mol. The first-order valence-corrected chi connectivity index (χ1v) is 19.2. The summed E-state index contributed by atoms with van der Waals surface area (Å²) in [5.74, 6) is 0.648. The van der Waals surface area contributed by atoms with Gasteiger partial charge in [0.15, 0.2) is 0 Å². The molecule has 3 fully saturated rings. The average Bonchev–Trinajstić information content (AvgIpc) is 4.05. The zero-order valence-electron chi connectivity index (χ0n) is 31.8. The van der Waals surface area contributed by atoms with Gasteiger partial charge in [-0.3, -0.25) is 9.59 Å². The number of benzene rings is 2. The van der Waals surface area contributed by atoms with Crippen molar-refractivity contribution in [1.82, 2.24) is 40.6 Å². The number of alkyl carbamates (subject to hydrolysis) is 1. The highest BCUT2D eigenvalue weighted by molar-refractivity contribution is 5.90. The molecule has 2 aromatic carbocycles. The molecule has 4 amide bonds. The highest BCUT2D eigenvalue weighted by Gasteiger charge is 2.41. The fourth-order valence-corrected chi connectivity index (χ4v) is 8.30. The number of carbonyl (C=O) groups is 4. The van der Waals surface area contributed by atoms with E-state index in [0.717, 1.165) is 71.2 Å². The maximum Gasteiger partial charge on any atom is 0.425 e. The standard InChI is InChI=1S/C40H50N8O7/c1-23(2)48(46-40(52)54-4)37(49)30-9-6-5-8-29(30)35-41-20-31(43-35)26-13-11-25-19-27(14-12-24(25)18-26)32-21-42-36(44-32)33-10-7-16-47(33)38(50)34(45-39(51)53-3)28-15-17-55-22-28/h11-14,18-21,23,28-30,33-34H,5-10,15-17,22H2,1-4H3,(H,41,43)(H,42,44)(H,45,51)(H,46,52)/t28?,29-,30+,33?,34?/m0/s1. The number of aromatic amines is 2. The number of nitrogens with one attached hydrogen (secondary N) is 4. The molecule has 5 atom stereocenters. The van der Waals surface area contributed by atoms with Gasteiger partial charge in [-0.1, -0.05) is 37.1 Å². The second-order valence-electron chi connectivity index (χ2n) is 15.0. The first-order valence-electron chi connectivity index (χ1n) is 19.2. The Labute approximate surface area is 319 Å². The highest BCUT2D eigenvalue weighted by atomic mass is 16.5. The topological polar surface area (TPSA) is 184 Å². The molecule has 292 valence electrons. The number of nitrogens with zero attached hydrogens (tertiary/aromatic N) is 4. The van der Waals surface area contributed by atoms with Crippen LogP contribution >= 0.6 is 0 Å². The second kappa shape index (κ2) is 16.5. The van der Waals surface area contributed by atoms with Gasteiger partial charge in [0.2, 0.25) is 11.8 Å². The van der Waals surface area contributed by atoms with Crippen LogP contribution in [0.4, 0.5) is 9.59 Å². The van der Waals surface area contributed by atoms with Crippen molar-refractivity contribution in [1.29, 1.82) is 0 Å². The lowest BCUT2D eigenvalue weighted by molar-refractivity contribution is -0.142.